The van der Waals surface area contributed by atoms with Crippen molar-refractivity contribution in [1.29, 1.82) is 0 Å². The molecule has 30 heavy (non-hydrogen) atoms. The number of hydrogen-bond donors (Lipinski definition) is 2. The lowest BCUT2D eigenvalue weighted by Gasteiger charge is -2.45. The van der Waals surface area contributed by atoms with E-state index < -0.39 is 0 Å². The maximum Gasteiger partial charge on any atom is 0.252 e. The molecular weight excluding hydrogens is 392 g/mol. The third kappa shape index (κ3) is 6.72. The number of carbonyl (C=O) groups is 1. The zero-order chi connectivity index (χ0) is 20.7. The Morgan fingerprint density at radius 1 is 1.20 bits per heavy atom. The Morgan fingerprint density at radius 3 is 2.57 bits per heavy atom. The van der Waals surface area contributed by atoms with Crippen LogP contribution < -0.4 is 10.6 Å². The van der Waals surface area contributed by atoms with E-state index in [2.05, 4.69) is 30.5 Å². The Balaban J connectivity index is 0.00000320. The highest BCUT2D eigenvalue weighted by Gasteiger charge is 2.39. The van der Waals surface area contributed by atoms with E-state index in [0.717, 1.165) is 31.8 Å². The van der Waals surface area contributed by atoms with Crippen LogP contribution in [0.3, 0.4) is 0 Å². The highest BCUT2D eigenvalue weighted by Crippen LogP contribution is 2.48. The average molecular weight is 435 g/mol. The quantitative estimate of drug-likeness (QED) is 0.398. The first kappa shape index (κ1) is 25.2. The third-order valence-corrected chi connectivity index (χ3v) is 7.65. The van der Waals surface area contributed by atoms with E-state index in [1.54, 1.807) is 0 Å². The molecule has 3 nitrogen and oxygen atoms in total. The second-order valence-corrected chi connectivity index (χ2v) is 9.83. The van der Waals surface area contributed by atoms with Crippen molar-refractivity contribution < 1.29 is 4.79 Å². The first-order valence-electron chi connectivity index (χ1n) is 11.9. The number of rotatable bonds is 10. The minimum Gasteiger partial charge on any atom is -0.351 e. The molecule has 2 aliphatic rings. The van der Waals surface area contributed by atoms with Crippen molar-refractivity contribution in [2.45, 2.75) is 97.9 Å². The molecule has 0 radical (unpaired) electrons. The fraction of sp³-hybridized carbons (Fsp3) is 0.731. The lowest BCUT2D eigenvalue weighted by molar-refractivity contribution is 0.0682. The Hall–Kier alpha value is -1.06. The van der Waals surface area contributed by atoms with Crippen LogP contribution in [0.2, 0.25) is 5.02 Å². The summed E-state index contributed by atoms with van der Waals surface area (Å²) in [6.45, 7) is 6.28. The second kappa shape index (κ2) is 12.1. The van der Waals surface area contributed by atoms with Crippen LogP contribution in [0, 0.1) is 11.3 Å². The van der Waals surface area contributed by atoms with Crippen LogP contribution in [-0.4, -0.2) is 25.0 Å². The van der Waals surface area contributed by atoms with Crippen LogP contribution in [-0.2, 0) is 6.42 Å². The summed E-state index contributed by atoms with van der Waals surface area (Å²) in [6.07, 6.45) is 13.6. The number of carbonyl (C=O) groups excluding carboxylic acids is 1. The van der Waals surface area contributed by atoms with Crippen LogP contribution in [0.25, 0.3) is 0 Å². The summed E-state index contributed by atoms with van der Waals surface area (Å²) < 4.78 is 0. The Kier molecular flexibility index (Phi) is 10.2. The summed E-state index contributed by atoms with van der Waals surface area (Å²) in [6, 6.07) is 6.55. The first-order chi connectivity index (χ1) is 14.0. The lowest BCUT2D eigenvalue weighted by atomic mass is 9.62. The van der Waals surface area contributed by atoms with E-state index in [1.807, 2.05) is 12.1 Å². The van der Waals surface area contributed by atoms with Crippen molar-refractivity contribution in [2.75, 3.05) is 13.1 Å². The number of hydrogen-bond acceptors (Lipinski definition) is 2. The highest BCUT2D eigenvalue weighted by molar-refractivity contribution is 6.33. The van der Waals surface area contributed by atoms with Gasteiger partial charge in [0.15, 0.2) is 0 Å². The lowest BCUT2D eigenvalue weighted by Crippen LogP contribution is -2.43. The van der Waals surface area contributed by atoms with E-state index in [1.165, 1.54) is 63.4 Å². The minimum absolute atomic E-state index is 0. The summed E-state index contributed by atoms with van der Waals surface area (Å²) in [5.74, 6) is 0.879. The molecule has 0 atom stereocenters. The number of amides is 1. The van der Waals surface area contributed by atoms with Crippen molar-refractivity contribution in [3.8, 4) is 0 Å². The number of aryl methyl sites for hydroxylation is 1. The standard InChI is InChI=1S/C25H39ClN2O.CH4/c1-3-21(4-2)27-15-7-10-19-11-12-23(26)22(16-19)24(29)28-18-25-13-5-8-20(17-25)9-6-14-25;/h11-12,16,20-21,27H,3-10,13-15,17-18H2,1-2H3,(H,28,29);1H4. The normalized spacial score (nSPS) is 23.1. The molecule has 2 saturated carbocycles. The fourth-order valence-corrected chi connectivity index (χ4v) is 5.71. The largest absolute Gasteiger partial charge is 0.351 e. The number of halogens is 1. The van der Waals surface area contributed by atoms with Crippen molar-refractivity contribution in [2.24, 2.45) is 11.3 Å². The van der Waals surface area contributed by atoms with Crippen LogP contribution in [0.4, 0.5) is 0 Å². The molecule has 1 amide bonds. The maximum absolute atomic E-state index is 12.9. The molecule has 170 valence electrons. The van der Waals surface area contributed by atoms with Gasteiger partial charge in [0.25, 0.3) is 5.91 Å². The van der Waals surface area contributed by atoms with Gasteiger partial charge in [-0.05, 0) is 80.5 Å². The van der Waals surface area contributed by atoms with Gasteiger partial charge >= 0.3 is 0 Å². The van der Waals surface area contributed by atoms with Gasteiger partial charge < -0.3 is 10.6 Å². The molecule has 0 saturated heterocycles. The zero-order valence-electron chi connectivity index (χ0n) is 18.4. The van der Waals surface area contributed by atoms with Gasteiger partial charge in [-0.15, -0.1) is 0 Å². The molecule has 2 aliphatic carbocycles. The van der Waals surface area contributed by atoms with E-state index in [0.29, 0.717) is 22.0 Å². The van der Waals surface area contributed by atoms with Gasteiger partial charge in [0, 0.05) is 12.6 Å². The fourth-order valence-electron chi connectivity index (χ4n) is 5.51. The summed E-state index contributed by atoms with van der Waals surface area (Å²) in [5, 5.41) is 7.41. The van der Waals surface area contributed by atoms with Gasteiger partial charge in [-0.3, -0.25) is 4.79 Å². The Labute approximate surface area is 189 Å². The van der Waals surface area contributed by atoms with Gasteiger partial charge in [0.05, 0.1) is 10.6 Å². The van der Waals surface area contributed by atoms with Crippen LogP contribution >= 0.6 is 11.6 Å². The number of nitrogens with one attached hydrogen (secondary N) is 2. The summed E-state index contributed by atoms with van der Waals surface area (Å²) in [7, 11) is 0. The molecule has 2 N–H and O–H groups in total. The van der Waals surface area contributed by atoms with E-state index in [-0.39, 0.29) is 13.3 Å². The second-order valence-electron chi connectivity index (χ2n) is 9.42. The zero-order valence-corrected chi connectivity index (χ0v) is 19.1. The topological polar surface area (TPSA) is 41.1 Å². The molecular formula is C26H43ClN2O. The maximum atomic E-state index is 12.9. The molecule has 0 unspecified atom stereocenters. The first-order valence-corrected chi connectivity index (χ1v) is 12.2. The molecule has 3 rings (SSSR count). The van der Waals surface area contributed by atoms with Gasteiger partial charge in [-0.2, -0.15) is 0 Å². The summed E-state index contributed by atoms with van der Waals surface area (Å²) >= 11 is 6.38. The van der Waals surface area contributed by atoms with Gasteiger partial charge in [-0.1, -0.05) is 64.6 Å². The molecule has 1 aromatic rings. The van der Waals surface area contributed by atoms with Gasteiger partial charge in [0.2, 0.25) is 0 Å². The van der Waals surface area contributed by atoms with Crippen molar-refractivity contribution in [3.63, 3.8) is 0 Å². The molecule has 0 aliphatic heterocycles. The van der Waals surface area contributed by atoms with Crippen molar-refractivity contribution in [3.05, 3.63) is 34.3 Å². The van der Waals surface area contributed by atoms with Crippen LogP contribution in [0.5, 0.6) is 0 Å². The highest BCUT2D eigenvalue weighted by atomic mass is 35.5. The summed E-state index contributed by atoms with van der Waals surface area (Å²) in [5.41, 5.74) is 2.16. The molecule has 0 heterocycles. The molecule has 0 aromatic heterocycles. The number of benzene rings is 1. The minimum atomic E-state index is -0.00548. The average Bonchev–Trinajstić information content (AvgIpc) is 2.73. The molecule has 2 fully saturated rings. The Bertz CT molecular complexity index is 661. The van der Waals surface area contributed by atoms with Crippen LogP contribution in [0.15, 0.2) is 18.2 Å². The predicted molar refractivity (Wildman–Crippen MR) is 129 cm³/mol. The molecule has 2 bridgehead atoms. The predicted octanol–water partition coefficient (Wildman–Crippen LogP) is 6.78. The van der Waals surface area contributed by atoms with Gasteiger partial charge in [0.1, 0.15) is 0 Å². The van der Waals surface area contributed by atoms with E-state index in [4.69, 9.17) is 11.6 Å². The van der Waals surface area contributed by atoms with Gasteiger partial charge in [-0.25, -0.2) is 0 Å². The third-order valence-electron chi connectivity index (χ3n) is 7.32. The molecule has 4 heteroatoms. The summed E-state index contributed by atoms with van der Waals surface area (Å²) in [4.78, 5) is 12.9. The van der Waals surface area contributed by atoms with E-state index in [9.17, 15) is 4.79 Å². The monoisotopic (exact) mass is 434 g/mol. The molecule has 0 spiro atoms. The van der Waals surface area contributed by atoms with Crippen molar-refractivity contribution >= 4 is 17.5 Å². The Morgan fingerprint density at radius 2 is 1.90 bits per heavy atom. The molecule has 1 aromatic carbocycles. The van der Waals surface area contributed by atoms with E-state index >= 15 is 0 Å². The number of fused-ring (bicyclic) bond motifs is 2. The smallest absolute Gasteiger partial charge is 0.252 e. The van der Waals surface area contributed by atoms with Crippen LogP contribution in [0.1, 0.15) is 101 Å². The SMILES string of the molecule is C.CCC(CC)NCCCc1ccc(Cl)c(C(=O)NCC23CCCC(CCC2)C3)c1. The van der Waals surface area contributed by atoms with Crippen molar-refractivity contribution in [1.82, 2.24) is 10.6 Å².